The normalized spacial score (nSPS) is 10.9. The van der Waals surface area contributed by atoms with E-state index in [0.717, 1.165) is 45.3 Å². The van der Waals surface area contributed by atoms with Crippen LogP contribution >= 0.6 is 0 Å². The Morgan fingerprint density at radius 1 is 0.419 bits per heavy atom. The molecule has 43 heavy (non-hydrogen) atoms. The van der Waals surface area contributed by atoms with Gasteiger partial charge >= 0.3 is 16.5 Å². The Labute approximate surface area is 264 Å². The van der Waals surface area contributed by atoms with Crippen molar-refractivity contribution in [1.29, 1.82) is 0 Å². The van der Waals surface area contributed by atoms with E-state index >= 15 is 0 Å². The second-order valence-electron chi connectivity index (χ2n) is 10.2. The number of aryl methyl sites for hydroxylation is 4. The van der Waals surface area contributed by atoms with E-state index in [4.69, 9.17) is 0 Å². The van der Waals surface area contributed by atoms with Gasteiger partial charge in [0.05, 0.1) is 11.4 Å². The molecule has 0 fully saturated rings. The first kappa shape index (κ1) is 31.2. The number of hydrogen-bond acceptors (Lipinski definition) is 2. The van der Waals surface area contributed by atoms with E-state index in [1.807, 2.05) is 73.1 Å². The fraction of sp³-hybridized carbons (Fsp3) is 0.105. The summed E-state index contributed by atoms with van der Waals surface area (Å²) in [5.74, 6) is 0. The molecule has 4 aromatic carbocycles. The van der Waals surface area contributed by atoms with Crippen LogP contribution in [0, 0.1) is 27.7 Å². The van der Waals surface area contributed by atoms with Crippen LogP contribution in [0.1, 0.15) is 33.6 Å². The molecule has 2 aromatic heterocycles. The van der Waals surface area contributed by atoms with Gasteiger partial charge in [0.1, 0.15) is 0 Å². The van der Waals surface area contributed by atoms with Crippen molar-refractivity contribution in [2.45, 2.75) is 27.7 Å². The summed E-state index contributed by atoms with van der Waals surface area (Å²) in [5.41, 5.74) is 12.8. The zero-order chi connectivity index (χ0) is 29.3. The first-order chi connectivity index (χ1) is 20.5. The molecule has 0 atom stereocenters. The fourth-order valence-electron chi connectivity index (χ4n) is 4.72. The second-order valence-corrected chi connectivity index (χ2v) is 10.2. The average molecular weight is 605 g/mol. The third-order valence-electron chi connectivity index (χ3n) is 6.99. The van der Waals surface area contributed by atoms with Gasteiger partial charge in [-0.05, 0) is 61.1 Å². The van der Waals surface area contributed by atoms with Gasteiger partial charge in [0, 0.05) is 12.4 Å². The monoisotopic (exact) mass is 604 g/mol. The summed E-state index contributed by atoms with van der Waals surface area (Å²) < 4.78 is 0. The van der Waals surface area contributed by atoms with Crippen molar-refractivity contribution in [2.24, 2.45) is 9.98 Å². The number of rotatable bonds is 6. The van der Waals surface area contributed by atoms with Crippen LogP contribution in [0.15, 0.2) is 131 Å². The largest absolute Gasteiger partial charge is 2.00 e. The van der Waals surface area contributed by atoms with E-state index < -0.39 is 0 Å². The molecular weight excluding hydrogens is 571 g/mol. The summed E-state index contributed by atoms with van der Waals surface area (Å²) in [4.78, 5) is 18.4. The van der Waals surface area contributed by atoms with Gasteiger partial charge in [0.2, 0.25) is 0 Å². The minimum absolute atomic E-state index is 0. The number of aliphatic imine (C=N–C) groups is 2. The summed E-state index contributed by atoms with van der Waals surface area (Å²) in [6.07, 6.45) is 3.67. The van der Waals surface area contributed by atoms with Crippen LogP contribution in [0.5, 0.6) is 0 Å². The Hall–Kier alpha value is -4.73. The summed E-state index contributed by atoms with van der Waals surface area (Å²) >= 11 is 0. The molecule has 0 bridgehead atoms. The van der Waals surface area contributed by atoms with E-state index in [-0.39, 0.29) is 16.5 Å². The molecule has 0 aliphatic carbocycles. The maximum atomic E-state index is 4.61. The van der Waals surface area contributed by atoms with Crippen molar-refractivity contribution in [2.75, 3.05) is 0 Å². The molecule has 0 amide bonds. The molecule has 4 nitrogen and oxygen atoms in total. The number of benzene rings is 4. The van der Waals surface area contributed by atoms with Gasteiger partial charge in [-0.15, -0.1) is 22.8 Å². The van der Waals surface area contributed by atoms with E-state index in [0.29, 0.717) is 0 Å². The van der Waals surface area contributed by atoms with E-state index in [1.54, 1.807) is 0 Å². The third-order valence-corrected chi connectivity index (χ3v) is 6.99. The maximum Gasteiger partial charge on any atom is 2.00 e. The molecule has 0 aliphatic rings. The number of nitrogens with zero attached hydrogens (tertiary/aromatic N) is 4. The minimum atomic E-state index is 0. The van der Waals surface area contributed by atoms with Crippen molar-refractivity contribution in [3.05, 3.63) is 155 Å². The molecule has 0 N–H and O–H groups in total. The van der Waals surface area contributed by atoms with Crippen molar-refractivity contribution in [3.63, 3.8) is 0 Å². The molecule has 0 saturated carbocycles. The SMILES string of the molecule is Cc1cccc(C)c1N=Cc1ccc(-c2ccccc2)[n-]1.Cc1cccc(C)c1N=Cc1ccc(-c2ccccc2)[n-]1.[Ni+2]. The smallest absolute Gasteiger partial charge is 0.656 e. The number of para-hydroxylation sites is 2. The molecule has 0 unspecified atom stereocenters. The molecule has 5 heteroatoms. The van der Waals surface area contributed by atoms with Gasteiger partial charge in [-0.25, -0.2) is 0 Å². The van der Waals surface area contributed by atoms with Crippen molar-refractivity contribution < 1.29 is 16.5 Å². The Balaban J connectivity index is 0.000000192. The molecule has 0 radical (unpaired) electrons. The van der Waals surface area contributed by atoms with Gasteiger partial charge in [-0.1, -0.05) is 121 Å². The predicted octanol–water partition coefficient (Wildman–Crippen LogP) is 9.35. The van der Waals surface area contributed by atoms with Gasteiger partial charge in [-0.2, -0.15) is 0 Å². The zero-order valence-corrected chi connectivity index (χ0v) is 25.8. The summed E-state index contributed by atoms with van der Waals surface area (Å²) in [6, 6.07) is 40.8. The maximum absolute atomic E-state index is 4.61. The first-order valence-electron chi connectivity index (χ1n) is 14.1. The molecule has 0 spiro atoms. The van der Waals surface area contributed by atoms with Gasteiger partial charge < -0.3 is 9.97 Å². The van der Waals surface area contributed by atoms with Crippen LogP contribution in [-0.4, -0.2) is 12.4 Å². The molecule has 6 aromatic rings. The first-order valence-corrected chi connectivity index (χ1v) is 14.1. The third kappa shape index (κ3) is 8.18. The predicted molar refractivity (Wildman–Crippen MR) is 177 cm³/mol. The molecule has 0 aliphatic heterocycles. The average Bonchev–Trinajstić information content (AvgIpc) is 3.68. The molecule has 216 valence electrons. The van der Waals surface area contributed by atoms with Gasteiger partial charge in [-0.3, -0.25) is 9.98 Å². The zero-order valence-electron chi connectivity index (χ0n) is 24.8. The standard InChI is InChI=1S/2C19H17N2.Ni/c2*1-14-7-6-8-15(2)19(14)20-13-17-11-12-18(21-17)16-9-4-3-5-10-16;/h2*3-13H,1-2H3;/q2*-1;+2. The van der Waals surface area contributed by atoms with Crippen molar-refractivity contribution >= 4 is 23.8 Å². The Bertz CT molecular complexity index is 1640. The van der Waals surface area contributed by atoms with Crippen LogP contribution in [-0.2, 0) is 16.5 Å². The van der Waals surface area contributed by atoms with E-state index in [9.17, 15) is 0 Å². The number of hydrogen-bond donors (Lipinski definition) is 0. The topological polar surface area (TPSA) is 52.9 Å². The van der Waals surface area contributed by atoms with Crippen LogP contribution in [0.25, 0.3) is 22.5 Å². The Kier molecular flexibility index (Phi) is 10.9. The van der Waals surface area contributed by atoms with Crippen LogP contribution in [0.2, 0.25) is 0 Å². The van der Waals surface area contributed by atoms with Gasteiger partial charge in [0.25, 0.3) is 0 Å². The van der Waals surface area contributed by atoms with Crippen molar-refractivity contribution in [1.82, 2.24) is 9.97 Å². The summed E-state index contributed by atoms with van der Waals surface area (Å²) in [5, 5.41) is 0. The Morgan fingerprint density at radius 3 is 1.12 bits per heavy atom. The summed E-state index contributed by atoms with van der Waals surface area (Å²) in [7, 11) is 0. The van der Waals surface area contributed by atoms with Gasteiger partial charge in [0.15, 0.2) is 0 Å². The van der Waals surface area contributed by atoms with Crippen LogP contribution in [0.3, 0.4) is 0 Å². The van der Waals surface area contributed by atoms with E-state index in [2.05, 4.69) is 108 Å². The fourth-order valence-corrected chi connectivity index (χ4v) is 4.72. The van der Waals surface area contributed by atoms with Crippen molar-refractivity contribution in [3.8, 4) is 22.5 Å². The van der Waals surface area contributed by atoms with E-state index in [1.165, 1.54) is 22.3 Å². The minimum Gasteiger partial charge on any atom is -0.656 e. The quantitative estimate of drug-likeness (QED) is 0.140. The molecular formula is C38H34N4Ni. The molecule has 6 rings (SSSR count). The number of aromatic nitrogens is 2. The van der Waals surface area contributed by atoms with Crippen LogP contribution in [0.4, 0.5) is 11.4 Å². The molecule has 0 saturated heterocycles. The summed E-state index contributed by atoms with van der Waals surface area (Å²) in [6.45, 7) is 8.31. The second kappa shape index (κ2) is 15.0. The Morgan fingerprint density at radius 2 is 0.767 bits per heavy atom. The molecule has 2 heterocycles. The van der Waals surface area contributed by atoms with Crippen LogP contribution < -0.4 is 9.97 Å².